The first-order chi connectivity index (χ1) is 19.7. The number of hydrogen-bond acceptors (Lipinski definition) is 7. The number of fused-ring (bicyclic) bond motifs is 1. The molecule has 1 fully saturated rings. The summed E-state index contributed by atoms with van der Waals surface area (Å²) in [5.41, 5.74) is 1.65. The van der Waals surface area contributed by atoms with Gasteiger partial charge in [-0.05, 0) is 51.2 Å². The van der Waals surface area contributed by atoms with E-state index < -0.39 is 23.3 Å². The van der Waals surface area contributed by atoms with Gasteiger partial charge in [-0.25, -0.2) is 18.7 Å². The summed E-state index contributed by atoms with van der Waals surface area (Å²) >= 11 is 0. The smallest absolute Gasteiger partial charge is 0.262 e. The van der Waals surface area contributed by atoms with Crippen LogP contribution in [0.5, 0.6) is 11.6 Å². The minimum absolute atomic E-state index is 0.0222. The SMILES string of the molecule is CCN(C)C(=O)c1c(Nc2ccc(C(=O)N3CCN(C)CC3)cc2)ncnc1Oc1cc(F)c2[nH]c(C)cc2c1F. The molecule has 5 rings (SSSR count). The molecule has 0 aliphatic carbocycles. The van der Waals surface area contributed by atoms with Crippen molar-refractivity contribution in [2.75, 3.05) is 52.1 Å². The lowest BCUT2D eigenvalue weighted by atomic mass is 10.1. The van der Waals surface area contributed by atoms with Crippen molar-refractivity contribution in [3.8, 4) is 11.6 Å². The number of nitrogens with zero attached hydrogens (tertiary/aromatic N) is 5. The third kappa shape index (κ3) is 5.68. The Labute approximate surface area is 235 Å². The van der Waals surface area contributed by atoms with E-state index in [-0.39, 0.29) is 34.1 Å². The van der Waals surface area contributed by atoms with Gasteiger partial charge in [-0.15, -0.1) is 0 Å². The second kappa shape index (κ2) is 11.5. The van der Waals surface area contributed by atoms with Crippen LogP contribution in [0.1, 0.15) is 33.3 Å². The fourth-order valence-electron chi connectivity index (χ4n) is 4.61. The normalized spacial score (nSPS) is 13.9. The van der Waals surface area contributed by atoms with Crippen LogP contribution in [-0.4, -0.2) is 88.3 Å². The number of amides is 2. The molecule has 4 aromatic rings. The summed E-state index contributed by atoms with van der Waals surface area (Å²) in [5.74, 6) is -2.57. The van der Waals surface area contributed by atoms with Gasteiger partial charge >= 0.3 is 0 Å². The fourth-order valence-corrected chi connectivity index (χ4v) is 4.61. The van der Waals surface area contributed by atoms with Crippen LogP contribution in [0.4, 0.5) is 20.3 Å². The molecule has 12 heteroatoms. The van der Waals surface area contributed by atoms with E-state index in [4.69, 9.17) is 4.74 Å². The third-order valence-electron chi connectivity index (χ3n) is 7.14. The van der Waals surface area contributed by atoms with Crippen LogP contribution in [-0.2, 0) is 0 Å². The molecule has 2 N–H and O–H groups in total. The molecule has 0 saturated carbocycles. The van der Waals surface area contributed by atoms with Gasteiger partial charge in [0.1, 0.15) is 11.9 Å². The fraction of sp³-hybridized carbons (Fsp3) is 0.310. The lowest BCUT2D eigenvalue weighted by Crippen LogP contribution is -2.47. The number of benzene rings is 2. The van der Waals surface area contributed by atoms with Crippen LogP contribution in [0.15, 0.2) is 42.7 Å². The van der Waals surface area contributed by atoms with Crippen molar-refractivity contribution in [2.24, 2.45) is 0 Å². The van der Waals surface area contributed by atoms with E-state index in [1.807, 2.05) is 11.9 Å². The summed E-state index contributed by atoms with van der Waals surface area (Å²) in [5, 5.41) is 3.11. The van der Waals surface area contributed by atoms with Gasteiger partial charge in [-0.2, -0.15) is 0 Å². The average molecular weight is 564 g/mol. The number of aromatic nitrogens is 3. The van der Waals surface area contributed by atoms with Crippen LogP contribution in [0.2, 0.25) is 0 Å². The molecule has 1 aliphatic heterocycles. The van der Waals surface area contributed by atoms with Crippen molar-refractivity contribution in [3.05, 3.63) is 71.2 Å². The molecule has 0 unspecified atom stereocenters. The lowest BCUT2D eigenvalue weighted by Gasteiger charge is -2.32. The monoisotopic (exact) mass is 563 g/mol. The Kier molecular flexibility index (Phi) is 7.84. The van der Waals surface area contributed by atoms with E-state index in [2.05, 4.69) is 25.2 Å². The van der Waals surface area contributed by atoms with E-state index in [0.717, 1.165) is 19.2 Å². The van der Waals surface area contributed by atoms with Gasteiger partial charge in [0.25, 0.3) is 11.8 Å². The van der Waals surface area contributed by atoms with Crippen molar-refractivity contribution < 1.29 is 23.1 Å². The van der Waals surface area contributed by atoms with Crippen LogP contribution >= 0.6 is 0 Å². The van der Waals surface area contributed by atoms with Gasteiger partial charge in [-0.3, -0.25) is 9.59 Å². The Bertz CT molecular complexity index is 1600. The molecule has 3 heterocycles. The molecule has 0 atom stereocenters. The predicted molar refractivity (Wildman–Crippen MR) is 151 cm³/mol. The van der Waals surface area contributed by atoms with E-state index >= 15 is 4.39 Å². The van der Waals surface area contributed by atoms with Crippen molar-refractivity contribution in [1.29, 1.82) is 0 Å². The quantitative estimate of drug-likeness (QED) is 0.340. The van der Waals surface area contributed by atoms with E-state index in [9.17, 15) is 14.0 Å². The highest BCUT2D eigenvalue weighted by Crippen LogP contribution is 2.35. The minimum atomic E-state index is -0.790. The van der Waals surface area contributed by atoms with Gasteiger partial charge in [-0.1, -0.05) is 0 Å². The first-order valence-corrected chi connectivity index (χ1v) is 13.3. The number of nitrogens with one attached hydrogen (secondary N) is 2. The average Bonchev–Trinajstić information content (AvgIpc) is 3.38. The summed E-state index contributed by atoms with van der Waals surface area (Å²) in [7, 11) is 3.62. The number of aryl methyl sites for hydroxylation is 1. The maximum Gasteiger partial charge on any atom is 0.262 e. The molecule has 2 aromatic carbocycles. The predicted octanol–water partition coefficient (Wildman–Crippen LogP) is 4.56. The standard InChI is InChI=1S/C29H31F2N7O3/c1-5-37(4)29(40)23-26(35-19-8-6-18(7-9-19)28(39)38-12-10-36(3)11-13-38)32-16-33-27(23)41-22-15-21(30)25-20(24(22)31)14-17(2)34-25/h6-9,14-16,34H,5,10-13H2,1-4H3,(H,32,33,35). The number of carbonyl (C=O) groups excluding carboxylic acids is 2. The molecular weight excluding hydrogens is 532 g/mol. The molecule has 0 radical (unpaired) electrons. The summed E-state index contributed by atoms with van der Waals surface area (Å²) in [6.07, 6.45) is 1.17. The zero-order chi connectivity index (χ0) is 29.3. The van der Waals surface area contributed by atoms with Crippen molar-refractivity contribution >= 4 is 34.2 Å². The maximum atomic E-state index is 15.3. The molecule has 1 saturated heterocycles. The number of carbonyl (C=O) groups is 2. The molecular formula is C29H31F2N7O3. The number of halogens is 2. The molecule has 0 bridgehead atoms. The highest BCUT2D eigenvalue weighted by atomic mass is 19.1. The Morgan fingerprint density at radius 2 is 1.80 bits per heavy atom. The number of anilines is 2. The maximum absolute atomic E-state index is 15.3. The first kappa shape index (κ1) is 28.0. The van der Waals surface area contributed by atoms with Gasteiger partial charge in [0.2, 0.25) is 5.88 Å². The Morgan fingerprint density at radius 1 is 1.10 bits per heavy atom. The molecule has 2 amide bonds. The number of aromatic amines is 1. The van der Waals surface area contributed by atoms with Gasteiger partial charge in [0.05, 0.1) is 5.52 Å². The highest BCUT2D eigenvalue weighted by molar-refractivity contribution is 6.01. The number of rotatable bonds is 7. The largest absolute Gasteiger partial charge is 0.435 e. The van der Waals surface area contributed by atoms with Gasteiger partial charge in [0.15, 0.2) is 23.2 Å². The van der Waals surface area contributed by atoms with Gasteiger partial charge < -0.3 is 29.7 Å². The van der Waals surface area contributed by atoms with E-state index in [1.54, 1.807) is 45.2 Å². The second-order valence-corrected chi connectivity index (χ2v) is 10.0. The molecule has 1 aliphatic rings. The van der Waals surface area contributed by atoms with Crippen molar-refractivity contribution in [3.63, 3.8) is 0 Å². The molecule has 2 aromatic heterocycles. The summed E-state index contributed by atoms with van der Waals surface area (Å²) in [6.45, 7) is 6.82. The van der Waals surface area contributed by atoms with Crippen LogP contribution in [0.25, 0.3) is 10.9 Å². The van der Waals surface area contributed by atoms with Crippen LogP contribution in [0.3, 0.4) is 0 Å². The third-order valence-corrected chi connectivity index (χ3v) is 7.14. The van der Waals surface area contributed by atoms with E-state index in [0.29, 0.717) is 36.6 Å². The second-order valence-electron chi connectivity index (χ2n) is 10.0. The number of H-pyrrole nitrogens is 1. The number of hydrogen-bond donors (Lipinski definition) is 2. The van der Waals surface area contributed by atoms with E-state index in [1.165, 1.54) is 17.3 Å². The molecule has 10 nitrogen and oxygen atoms in total. The summed E-state index contributed by atoms with van der Waals surface area (Å²) in [6, 6.07) is 9.21. The zero-order valence-electron chi connectivity index (χ0n) is 23.3. The van der Waals surface area contributed by atoms with Gasteiger partial charge in [0, 0.05) is 68.2 Å². The Hall–Kier alpha value is -4.58. The molecule has 214 valence electrons. The number of ether oxygens (including phenoxy) is 1. The first-order valence-electron chi connectivity index (χ1n) is 13.3. The number of piperazine rings is 1. The lowest BCUT2D eigenvalue weighted by molar-refractivity contribution is 0.0663. The van der Waals surface area contributed by atoms with Crippen LogP contribution < -0.4 is 10.1 Å². The van der Waals surface area contributed by atoms with Crippen LogP contribution in [0, 0.1) is 18.6 Å². The number of likely N-dealkylation sites (N-methyl/N-ethyl adjacent to an activating group) is 1. The highest BCUT2D eigenvalue weighted by Gasteiger charge is 2.26. The zero-order valence-corrected chi connectivity index (χ0v) is 23.3. The Balaban J connectivity index is 1.45. The van der Waals surface area contributed by atoms with Crippen molar-refractivity contribution in [2.45, 2.75) is 13.8 Å². The Morgan fingerprint density at radius 3 is 2.49 bits per heavy atom. The molecule has 41 heavy (non-hydrogen) atoms. The summed E-state index contributed by atoms with van der Waals surface area (Å²) in [4.78, 5) is 42.9. The topological polar surface area (TPSA) is 107 Å². The molecule has 0 spiro atoms. The summed E-state index contributed by atoms with van der Waals surface area (Å²) < 4.78 is 35.8. The van der Waals surface area contributed by atoms with Crippen molar-refractivity contribution in [1.82, 2.24) is 29.7 Å². The minimum Gasteiger partial charge on any atom is -0.435 e.